The lowest BCUT2D eigenvalue weighted by Crippen LogP contribution is -2.44. The predicted molar refractivity (Wildman–Crippen MR) is 103 cm³/mol. The zero-order valence-electron chi connectivity index (χ0n) is 16.1. The van der Waals surface area contributed by atoms with E-state index in [0.717, 1.165) is 11.6 Å². The number of hydrogen-bond donors (Lipinski definition) is 2. The van der Waals surface area contributed by atoms with Crippen molar-refractivity contribution in [1.29, 1.82) is 0 Å². The van der Waals surface area contributed by atoms with E-state index >= 15 is 0 Å². The largest absolute Gasteiger partial charge is 0.493 e. The van der Waals surface area contributed by atoms with Crippen molar-refractivity contribution in [2.75, 3.05) is 12.4 Å². The van der Waals surface area contributed by atoms with Gasteiger partial charge in [0.25, 0.3) is 0 Å². The summed E-state index contributed by atoms with van der Waals surface area (Å²) >= 11 is 0. The molecule has 2 N–H and O–H groups in total. The lowest BCUT2D eigenvalue weighted by molar-refractivity contribution is -0.114. The number of ether oxygens (including phenoxy) is 2. The average molecular weight is 400 g/mol. The molecule has 0 aliphatic heterocycles. The van der Waals surface area contributed by atoms with E-state index in [-0.39, 0.29) is 36.4 Å². The highest BCUT2D eigenvalue weighted by Crippen LogP contribution is 2.37. The second-order valence-electron chi connectivity index (χ2n) is 6.64. The molecule has 152 valence electrons. The number of Topliss-reactive ketones (excluding diaryl/α,β-unsaturated/α-hetero) is 1. The van der Waals surface area contributed by atoms with Gasteiger partial charge in [-0.1, -0.05) is 30.3 Å². The number of carbonyl (C=O) groups is 3. The Morgan fingerprint density at radius 3 is 2.62 bits per heavy atom. The maximum absolute atomic E-state index is 14.3. The fourth-order valence-corrected chi connectivity index (χ4v) is 3.35. The van der Waals surface area contributed by atoms with Crippen molar-refractivity contribution in [2.24, 2.45) is 0 Å². The molecule has 0 unspecified atom stereocenters. The van der Waals surface area contributed by atoms with Gasteiger partial charge in [-0.05, 0) is 18.4 Å². The Balaban J connectivity index is 1.78. The fourth-order valence-electron chi connectivity index (χ4n) is 3.35. The number of fused-ring (bicyclic) bond motifs is 1. The Morgan fingerprint density at radius 1 is 1.24 bits per heavy atom. The van der Waals surface area contributed by atoms with Crippen molar-refractivity contribution in [3.63, 3.8) is 0 Å². The molecule has 0 radical (unpaired) electrons. The number of nitrogens with one attached hydrogen (secondary N) is 2. The third kappa shape index (κ3) is 4.53. The molecular formula is C21H21FN2O5. The molecule has 0 saturated heterocycles. The van der Waals surface area contributed by atoms with E-state index < -0.39 is 29.6 Å². The number of methoxy groups -OCH3 is 1. The summed E-state index contributed by atoms with van der Waals surface area (Å²) < 4.78 is 24.6. The van der Waals surface area contributed by atoms with Crippen LogP contribution in [0.25, 0.3) is 0 Å². The molecule has 1 aliphatic rings. The van der Waals surface area contributed by atoms with Gasteiger partial charge in [0.2, 0.25) is 5.91 Å². The predicted octanol–water partition coefficient (Wildman–Crippen LogP) is 3.22. The second kappa shape index (κ2) is 8.72. The Labute approximate surface area is 167 Å². The number of rotatable bonds is 5. The molecule has 1 atom stereocenters. The summed E-state index contributed by atoms with van der Waals surface area (Å²) in [5.74, 6) is -1.59. The van der Waals surface area contributed by atoms with E-state index in [1.165, 1.54) is 14.0 Å². The Morgan fingerprint density at radius 2 is 1.97 bits per heavy atom. The van der Waals surface area contributed by atoms with Crippen LogP contribution in [0.2, 0.25) is 0 Å². The van der Waals surface area contributed by atoms with Crippen LogP contribution >= 0.6 is 0 Å². The van der Waals surface area contributed by atoms with Gasteiger partial charge in [-0.2, -0.15) is 0 Å². The number of carbonyl (C=O) groups excluding carboxylic acids is 3. The van der Waals surface area contributed by atoms with E-state index in [9.17, 15) is 18.8 Å². The SMILES string of the molecule is COc1c(F)cc(NC(C)=O)c2c1CC[C@H](NC(=O)OCc1ccccc1)C2=O. The van der Waals surface area contributed by atoms with Crippen LogP contribution in [0.4, 0.5) is 14.9 Å². The van der Waals surface area contributed by atoms with E-state index in [1.54, 1.807) is 0 Å². The van der Waals surface area contributed by atoms with Crippen molar-refractivity contribution in [2.45, 2.75) is 32.4 Å². The van der Waals surface area contributed by atoms with E-state index in [1.807, 2.05) is 30.3 Å². The summed E-state index contributed by atoms with van der Waals surface area (Å²) in [7, 11) is 1.31. The number of hydrogen-bond acceptors (Lipinski definition) is 5. The van der Waals surface area contributed by atoms with Crippen LogP contribution in [0.15, 0.2) is 36.4 Å². The smallest absolute Gasteiger partial charge is 0.408 e. The molecule has 1 aliphatic carbocycles. The quantitative estimate of drug-likeness (QED) is 0.804. The molecule has 0 fully saturated rings. The molecule has 2 aromatic carbocycles. The zero-order chi connectivity index (χ0) is 21.0. The summed E-state index contributed by atoms with van der Waals surface area (Å²) in [4.78, 5) is 36.6. The molecule has 0 saturated carbocycles. The van der Waals surface area contributed by atoms with Gasteiger partial charge < -0.3 is 20.1 Å². The minimum atomic E-state index is -0.853. The van der Waals surface area contributed by atoms with Crippen molar-refractivity contribution in [3.8, 4) is 5.75 Å². The summed E-state index contributed by atoms with van der Waals surface area (Å²) in [6.07, 6.45) is -0.185. The molecule has 0 heterocycles. The maximum atomic E-state index is 14.3. The Kier molecular flexibility index (Phi) is 6.11. The molecule has 0 spiro atoms. The first-order valence-corrected chi connectivity index (χ1v) is 9.09. The number of halogens is 1. The van der Waals surface area contributed by atoms with Gasteiger partial charge in [0.15, 0.2) is 17.3 Å². The van der Waals surface area contributed by atoms with Gasteiger partial charge >= 0.3 is 6.09 Å². The van der Waals surface area contributed by atoms with Crippen molar-refractivity contribution < 1.29 is 28.2 Å². The van der Waals surface area contributed by atoms with Crippen molar-refractivity contribution in [3.05, 3.63) is 58.9 Å². The monoisotopic (exact) mass is 400 g/mol. The molecule has 7 nitrogen and oxygen atoms in total. The van der Waals surface area contributed by atoms with Gasteiger partial charge in [-0.3, -0.25) is 9.59 Å². The van der Waals surface area contributed by atoms with Gasteiger partial charge in [-0.25, -0.2) is 9.18 Å². The van der Waals surface area contributed by atoms with Gasteiger partial charge in [0.05, 0.1) is 24.4 Å². The van der Waals surface area contributed by atoms with Gasteiger partial charge in [-0.15, -0.1) is 0 Å². The first-order valence-electron chi connectivity index (χ1n) is 9.09. The van der Waals surface area contributed by atoms with Crippen LogP contribution in [-0.2, 0) is 22.6 Å². The summed E-state index contributed by atoms with van der Waals surface area (Å²) in [6, 6.07) is 9.33. The average Bonchev–Trinajstić information content (AvgIpc) is 2.69. The topological polar surface area (TPSA) is 93.7 Å². The molecular weight excluding hydrogens is 379 g/mol. The Bertz CT molecular complexity index is 946. The van der Waals surface area contributed by atoms with Crippen LogP contribution in [-0.4, -0.2) is 30.9 Å². The second-order valence-corrected chi connectivity index (χ2v) is 6.64. The third-order valence-corrected chi connectivity index (χ3v) is 4.60. The van der Waals surface area contributed by atoms with Crippen molar-refractivity contribution >= 4 is 23.5 Å². The highest BCUT2D eigenvalue weighted by Gasteiger charge is 2.34. The molecule has 2 amide bonds. The third-order valence-electron chi connectivity index (χ3n) is 4.60. The van der Waals surface area contributed by atoms with Crippen LogP contribution < -0.4 is 15.4 Å². The maximum Gasteiger partial charge on any atom is 0.408 e. The van der Waals surface area contributed by atoms with E-state index in [0.29, 0.717) is 5.56 Å². The number of anilines is 1. The normalized spacial score (nSPS) is 15.3. The molecule has 29 heavy (non-hydrogen) atoms. The standard InChI is InChI=1S/C21H21FN2O5/c1-12(25)23-17-10-15(22)20(28-2)14-8-9-16(19(26)18(14)17)24-21(27)29-11-13-6-4-3-5-7-13/h3-7,10,16H,8-9,11H2,1-2H3,(H,23,25)(H,24,27)/t16-/m0/s1. The van der Waals surface area contributed by atoms with Crippen LogP contribution in [0.3, 0.4) is 0 Å². The number of ketones is 1. The first kappa shape index (κ1) is 20.3. The lowest BCUT2D eigenvalue weighted by atomic mass is 9.85. The summed E-state index contributed by atoms with van der Waals surface area (Å²) in [5, 5.41) is 5.03. The van der Waals surface area contributed by atoms with Crippen LogP contribution in [0.1, 0.15) is 34.8 Å². The number of amides is 2. The Hall–Kier alpha value is -3.42. The fraction of sp³-hybridized carbons (Fsp3) is 0.286. The minimum absolute atomic E-state index is 0.0347. The number of alkyl carbamates (subject to hydrolysis) is 1. The molecule has 0 aromatic heterocycles. The zero-order valence-corrected chi connectivity index (χ0v) is 16.1. The van der Waals surface area contributed by atoms with E-state index in [2.05, 4.69) is 10.6 Å². The van der Waals surface area contributed by atoms with Gasteiger partial charge in [0.1, 0.15) is 6.61 Å². The first-order chi connectivity index (χ1) is 13.9. The van der Waals surface area contributed by atoms with Crippen LogP contribution in [0, 0.1) is 5.82 Å². The summed E-state index contributed by atoms with van der Waals surface area (Å²) in [5.41, 5.74) is 1.38. The van der Waals surface area contributed by atoms with Crippen molar-refractivity contribution in [1.82, 2.24) is 5.32 Å². The highest BCUT2D eigenvalue weighted by molar-refractivity contribution is 6.10. The lowest BCUT2D eigenvalue weighted by Gasteiger charge is -2.27. The van der Waals surface area contributed by atoms with Gasteiger partial charge in [0, 0.05) is 18.6 Å². The van der Waals surface area contributed by atoms with Crippen LogP contribution in [0.5, 0.6) is 5.75 Å². The number of benzene rings is 2. The molecule has 0 bridgehead atoms. The summed E-state index contributed by atoms with van der Waals surface area (Å²) in [6.45, 7) is 1.33. The molecule has 2 aromatic rings. The van der Waals surface area contributed by atoms with E-state index in [4.69, 9.17) is 9.47 Å². The minimum Gasteiger partial charge on any atom is -0.493 e. The highest BCUT2D eigenvalue weighted by atomic mass is 19.1. The molecule has 3 rings (SSSR count). The molecule has 8 heteroatoms.